The van der Waals surface area contributed by atoms with Crippen molar-refractivity contribution in [3.05, 3.63) is 34.9 Å². The zero-order chi connectivity index (χ0) is 17.1. The van der Waals surface area contributed by atoms with Gasteiger partial charge in [0.2, 0.25) is 0 Å². The molecule has 2 rings (SSSR count). The lowest BCUT2D eigenvalue weighted by Gasteiger charge is -2.39. The first kappa shape index (κ1) is 18.1. The van der Waals surface area contributed by atoms with Crippen LogP contribution in [0.15, 0.2) is 24.3 Å². The van der Waals surface area contributed by atoms with E-state index >= 15 is 0 Å². The number of hydrogen-bond acceptors (Lipinski definition) is 3. The van der Waals surface area contributed by atoms with Gasteiger partial charge in [0, 0.05) is 18.1 Å². The third-order valence-corrected chi connectivity index (χ3v) is 4.18. The van der Waals surface area contributed by atoms with Crippen LogP contribution in [0.1, 0.15) is 46.1 Å². The van der Waals surface area contributed by atoms with Gasteiger partial charge in [-0.3, -0.25) is 0 Å². The number of carbonyl (C=O) groups excluding carboxylic acids is 1. The molecular weight excluding hydrogens is 314 g/mol. The van der Waals surface area contributed by atoms with Crippen molar-refractivity contribution in [1.29, 1.82) is 0 Å². The van der Waals surface area contributed by atoms with Crippen LogP contribution in [0.4, 0.5) is 4.79 Å². The lowest BCUT2D eigenvalue weighted by Crippen LogP contribution is -2.47. The fraction of sp³-hybridized carbons (Fsp3) is 0.611. The summed E-state index contributed by atoms with van der Waals surface area (Å²) in [6.45, 7) is 9.59. The SMILES string of the molecule is CC(C)(C)OC(=O)N1CCC(C)(OCc2cccc(Cl)c2)CC1. The fourth-order valence-corrected chi connectivity index (χ4v) is 2.73. The predicted octanol–water partition coefficient (Wildman–Crippen LogP) is 4.65. The molecule has 0 saturated carbocycles. The zero-order valence-corrected chi connectivity index (χ0v) is 15.2. The second-order valence-electron chi connectivity index (χ2n) is 7.34. The van der Waals surface area contributed by atoms with E-state index in [1.54, 1.807) is 4.90 Å². The van der Waals surface area contributed by atoms with E-state index in [4.69, 9.17) is 21.1 Å². The Morgan fingerprint density at radius 2 is 1.96 bits per heavy atom. The van der Waals surface area contributed by atoms with Crippen LogP contribution >= 0.6 is 11.6 Å². The number of piperidine rings is 1. The van der Waals surface area contributed by atoms with Crippen molar-refractivity contribution >= 4 is 17.7 Å². The van der Waals surface area contributed by atoms with Crippen molar-refractivity contribution in [2.45, 2.75) is 58.3 Å². The van der Waals surface area contributed by atoms with Gasteiger partial charge in [-0.1, -0.05) is 23.7 Å². The predicted molar refractivity (Wildman–Crippen MR) is 91.7 cm³/mol. The average Bonchev–Trinajstić information content (AvgIpc) is 2.44. The maximum atomic E-state index is 12.1. The number of carbonyl (C=O) groups is 1. The van der Waals surface area contributed by atoms with Gasteiger partial charge in [-0.15, -0.1) is 0 Å². The molecular formula is C18H26ClNO3. The molecule has 0 spiro atoms. The molecule has 0 radical (unpaired) electrons. The number of ether oxygens (including phenoxy) is 2. The molecule has 1 amide bonds. The van der Waals surface area contributed by atoms with Crippen LogP contribution in [0.2, 0.25) is 5.02 Å². The van der Waals surface area contributed by atoms with E-state index in [-0.39, 0.29) is 11.7 Å². The molecule has 0 aromatic heterocycles. The Balaban J connectivity index is 1.83. The van der Waals surface area contributed by atoms with E-state index in [1.807, 2.05) is 45.0 Å². The van der Waals surface area contributed by atoms with E-state index in [9.17, 15) is 4.79 Å². The van der Waals surface area contributed by atoms with Gasteiger partial charge < -0.3 is 14.4 Å². The molecule has 1 aromatic carbocycles. The average molecular weight is 340 g/mol. The molecule has 1 aliphatic rings. The van der Waals surface area contributed by atoms with Gasteiger partial charge in [0.05, 0.1) is 12.2 Å². The highest BCUT2D eigenvalue weighted by Gasteiger charge is 2.34. The topological polar surface area (TPSA) is 38.8 Å². The third kappa shape index (κ3) is 5.70. The quantitative estimate of drug-likeness (QED) is 0.804. The zero-order valence-electron chi connectivity index (χ0n) is 14.4. The van der Waals surface area contributed by atoms with Crippen LogP contribution in [0.3, 0.4) is 0 Å². The molecule has 1 heterocycles. The van der Waals surface area contributed by atoms with Crippen molar-refractivity contribution in [2.24, 2.45) is 0 Å². The molecule has 1 saturated heterocycles. The Morgan fingerprint density at radius 3 is 2.52 bits per heavy atom. The Morgan fingerprint density at radius 1 is 1.30 bits per heavy atom. The van der Waals surface area contributed by atoms with Gasteiger partial charge in [0.25, 0.3) is 0 Å². The van der Waals surface area contributed by atoms with Crippen molar-refractivity contribution in [3.63, 3.8) is 0 Å². The first-order chi connectivity index (χ1) is 10.7. The van der Waals surface area contributed by atoms with Crippen molar-refractivity contribution < 1.29 is 14.3 Å². The van der Waals surface area contributed by atoms with Crippen LogP contribution in [-0.4, -0.2) is 35.3 Å². The van der Waals surface area contributed by atoms with Gasteiger partial charge in [0.1, 0.15) is 5.60 Å². The summed E-state index contributed by atoms with van der Waals surface area (Å²) in [5.74, 6) is 0. The van der Waals surface area contributed by atoms with Crippen LogP contribution in [-0.2, 0) is 16.1 Å². The molecule has 0 aliphatic carbocycles. The second kappa shape index (κ2) is 7.10. The number of nitrogens with zero attached hydrogens (tertiary/aromatic N) is 1. The summed E-state index contributed by atoms with van der Waals surface area (Å²) in [5, 5.41) is 0.719. The molecule has 1 aromatic rings. The van der Waals surface area contributed by atoms with E-state index < -0.39 is 5.60 Å². The molecule has 1 aliphatic heterocycles. The summed E-state index contributed by atoms with van der Waals surface area (Å²) in [6.07, 6.45) is 1.36. The third-order valence-electron chi connectivity index (χ3n) is 3.95. The summed E-state index contributed by atoms with van der Waals surface area (Å²) in [5.41, 5.74) is 0.384. The maximum Gasteiger partial charge on any atom is 0.410 e. The number of rotatable bonds is 3. The minimum Gasteiger partial charge on any atom is -0.444 e. The van der Waals surface area contributed by atoms with Gasteiger partial charge in [-0.05, 0) is 58.2 Å². The summed E-state index contributed by atoms with van der Waals surface area (Å²) in [4.78, 5) is 13.8. The summed E-state index contributed by atoms with van der Waals surface area (Å²) in [7, 11) is 0. The minimum atomic E-state index is -0.457. The highest BCUT2D eigenvalue weighted by molar-refractivity contribution is 6.30. The van der Waals surface area contributed by atoms with E-state index in [2.05, 4.69) is 6.92 Å². The molecule has 0 unspecified atom stereocenters. The molecule has 0 atom stereocenters. The molecule has 0 N–H and O–H groups in total. The number of likely N-dealkylation sites (tertiary alicyclic amines) is 1. The summed E-state index contributed by atoms with van der Waals surface area (Å²) in [6, 6.07) is 7.70. The number of halogens is 1. The highest BCUT2D eigenvalue weighted by Crippen LogP contribution is 2.28. The normalized spacial score (nSPS) is 17.9. The molecule has 1 fully saturated rings. The Hall–Kier alpha value is -1.26. The van der Waals surface area contributed by atoms with Crippen molar-refractivity contribution in [1.82, 2.24) is 4.90 Å². The van der Waals surface area contributed by atoms with Gasteiger partial charge in [-0.25, -0.2) is 4.79 Å². The molecule has 128 valence electrons. The largest absolute Gasteiger partial charge is 0.444 e. The standard InChI is InChI=1S/C18H26ClNO3/c1-17(2,3)23-16(21)20-10-8-18(4,9-11-20)22-13-14-6-5-7-15(19)12-14/h5-7,12H,8-11,13H2,1-4H3. The van der Waals surface area contributed by atoms with Gasteiger partial charge in [-0.2, -0.15) is 0 Å². The molecule has 23 heavy (non-hydrogen) atoms. The maximum absolute atomic E-state index is 12.1. The summed E-state index contributed by atoms with van der Waals surface area (Å²) >= 11 is 5.99. The van der Waals surface area contributed by atoms with Gasteiger partial charge in [0.15, 0.2) is 0 Å². The number of amides is 1. The highest BCUT2D eigenvalue weighted by atomic mass is 35.5. The Kier molecular flexibility index (Phi) is 5.58. The van der Waals surface area contributed by atoms with Crippen LogP contribution in [0, 0.1) is 0 Å². The number of benzene rings is 1. The summed E-state index contributed by atoms with van der Waals surface area (Å²) < 4.78 is 11.5. The Bertz CT molecular complexity index is 545. The molecule has 0 bridgehead atoms. The molecule has 5 heteroatoms. The van der Waals surface area contributed by atoms with Crippen LogP contribution < -0.4 is 0 Å². The van der Waals surface area contributed by atoms with Crippen LogP contribution in [0.25, 0.3) is 0 Å². The smallest absolute Gasteiger partial charge is 0.410 e. The monoisotopic (exact) mass is 339 g/mol. The first-order valence-electron chi connectivity index (χ1n) is 8.03. The first-order valence-corrected chi connectivity index (χ1v) is 8.41. The second-order valence-corrected chi connectivity index (χ2v) is 7.77. The minimum absolute atomic E-state index is 0.221. The van der Waals surface area contributed by atoms with Gasteiger partial charge >= 0.3 is 6.09 Å². The molecule has 4 nitrogen and oxygen atoms in total. The van der Waals surface area contributed by atoms with Crippen molar-refractivity contribution in [3.8, 4) is 0 Å². The number of hydrogen-bond donors (Lipinski definition) is 0. The van der Waals surface area contributed by atoms with Crippen LogP contribution in [0.5, 0.6) is 0 Å². The lowest BCUT2D eigenvalue weighted by atomic mass is 9.93. The van der Waals surface area contributed by atoms with E-state index in [1.165, 1.54) is 0 Å². The van der Waals surface area contributed by atoms with Crippen molar-refractivity contribution in [2.75, 3.05) is 13.1 Å². The fourth-order valence-electron chi connectivity index (χ4n) is 2.52. The Labute approximate surface area is 143 Å². The van der Waals surface area contributed by atoms with E-state index in [0.717, 1.165) is 23.4 Å². The lowest BCUT2D eigenvalue weighted by molar-refractivity contribution is -0.0811. The van der Waals surface area contributed by atoms with E-state index in [0.29, 0.717) is 19.7 Å².